The number of methoxy groups -OCH3 is 1. The van der Waals surface area contributed by atoms with Gasteiger partial charge in [0.25, 0.3) is 11.6 Å². The first-order chi connectivity index (χ1) is 32.8. The number of primary amides is 1. The van der Waals surface area contributed by atoms with Crippen molar-refractivity contribution in [2.24, 2.45) is 23.0 Å². The predicted molar refractivity (Wildman–Crippen MR) is 250 cm³/mol. The van der Waals surface area contributed by atoms with Crippen LogP contribution in [0.4, 0.5) is 5.69 Å². The predicted octanol–water partition coefficient (Wildman–Crippen LogP) is 4.10. The van der Waals surface area contributed by atoms with Crippen LogP contribution in [-0.2, 0) is 33.5 Å². The summed E-state index contributed by atoms with van der Waals surface area (Å²) < 4.78 is 10.9. The lowest BCUT2D eigenvalue weighted by molar-refractivity contribution is -0.384. The first-order valence-corrected chi connectivity index (χ1v) is 23.6. The van der Waals surface area contributed by atoms with E-state index in [2.05, 4.69) is 26.0 Å². The molecule has 6 atom stereocenters. The molecule has 374 valence electrons. The quantitative estimate of drug-likeness (QED) is 0.0472. The number of esters is 1. The highest BCUT2D eigenvalue weighted by molar-refractivity contribution is 6.07. The topological polar surface area (TPSA) is 296 Å². The van der Waals surface area contributed by atoms with Gasteiger partial charge in [-0.25, -0.2) is 9.59 Å². The van der Waals surface area contributed by atoms with Crippen LogP contribution in [0.2, 0.25) is 0 Å². The van der Waals surface area contributed by atoms with Crippen molar-refractivity contribution in [1.29, 1.82) is 0 Å². The fourth-order valence-electron chi connectivity index (χ4n) is 9.41. The number of rotatable bonds is 20. The number of nitro benzene ring substituents is 1. The minimum absolute atomic E-state index is 0.00258. The van der Waals surface area contributed by atoms with Crippen molar-refractivity contribution in [1.82, 2.24) is 26.2 Å². The Bertz CT molecular complexity index is 2230. The molecule has 1 aliphatic heterocycles. The minimum atomic E-state index is -1.56. The normalized spacial score (nSPS) is 19.6. The summed E-state index contributed by atoms with van der Waals surface area (Å²) in [5.74, 6) is -6.75. The summed E-state index contributed by atoms with van der Waals surface area (Å²) in [6, 6.07) is 5.32. The molecule has 0 spiro atoms. The number of benzene rings is 2. The molecular formula is C49H65N7O13. The zero-order chi connectivity index (χ0) is 50.4. The Morgan fingerprint density at radius 2 is 1.46 bits per heavy atom. The van der Waals surface area contributed by atoms with E-state index >= 15 is 4.79 Å². The number of hydrogen-bond donors (Lipinski definition) is 6. The highest BCUT2D eigenvalue weighted by Crippen LogP contribution is 2.32. The molecule has 2 aliphatic carbocycles. The highest BCUT2D eigenvalue weighted by Gasteiger charge is 2.47. The average Bonchev–Trinajstić information content (AvgIpc) is 3.75. The number of non-ortho nitro benzene ring substituents is 1. The van der Waals surface area contributed by atoms with Gasteiger partial charge in [-0.3, -0.25) is 38.9 Å². The summed E-state index contributed by atoms with van der Waals surface area (Å²) in [6.45, 7) is 4.93. The molecule has 5 rings (SSSR count). The van der Waals surface area contributed by atoms with Gasteiger partial charge < -0.3 is 46.5 Å². The van der Waals surface area contributed by atoms with Crippen molar-refractivity contribution < 1.29 is 57.9 Å². The monoisotopic (exact) mass is 959 g/mol. The van der Waals surface area contributed by atoms with Crippen LogP contribution in [0.5, 0.6) is 5.75 Å². The lowest BCUT2D eigenvalue weighted by Gasteiger charge is -2.37. The van der Waals surface area contributed by atoms with Gasteiger partial charge in [-0.05, 0) is 74.0 Å². The van der Waals surface area contributed by atoms with Crippen LogP contribution in [0.15, 0.2) is 60.7 Å². The molecule has 6 amide bonds. The van der Waals surface area contributed by atoms with E-state index in [1.807, 2.05) is 0 Å². The molecule has 0 aromatic heterocycles. The van der Waals surface area contributed by atoms with Gasteiger partial charge in [-0.15, -0.1) is 0 Å². The molecule has 7 N–H and O–H groups in total. The van der Waals surface area contributed by atoms with Crippen LogP contribution >= 0.6 is 0 Å². The Balaban J connectivity index is 1.46. The minimum Gasteiger partial charge on any atom is -0.488 e. The van der Waals surface area contributed by atoms with Crippen molar-refractivity contribution in [3.8, 4) is 5.75 Å². The zero-order valence-electron chi connectivity index (χ0n) is 39.6. The van der Waals surface area contributed by atoms with Crippen LogP contribution in [0, 0.1) is 27.4 Å². The van der Waals surface area contributed by atoms with Crippen molar-refractivity contribution in [2.45, 2.75) is 141 Å². The number of ether oxygens (including phenoxy) is 2. The van der Waals surface area contributed by atoms with Gasteiger partial charge in [-0.1, -0.05) is 83.6 Å². The van der Waals surface area contributed by atoms with Gasteiger partial charge in [0, 0.05) is 24.6 Å². The number of para-hydroxylation sites is 1. The van der Waals surface area contributed by atoms with Gasteiger partial charge in [0.05, 0.1) is 29.7 Å². The summed E-state index contributed by atoms with van der Waals surface area (Å²) in [7, 11) is 1.17. The van der Waals surface area contributed by atoms with Gasteiger partial charge in [0.1, 0.15) is 42.1 Å². The third-order valence-corrected chi connectivity index (χ3v) is 13.1. The molecule has 20 nitrogen and oxygen atoms in total. The average molecular weight is 960 g/mol. The summed E-state index contributed by atoms with van der Waals surface area (Å²) in [5.41, 5.74) is 3.05. The molecule has 2 saturated carbocycles. The number of allylic oxidation sites excluding steroid dienone is 1. The Labute approximate surface area is 401 Å². The summed E-state index contributed by atoms with van der Waals surface area (Å²) in [5, 5.41) is 32.5. The number of carboxylic acid groups (broad SMARTS) is 1. The number of nitro groups is 1. The van der Waals surface area contributed by atoms with Crippen LogP contribution in [-0.4, -0.2) is 112 Å². The maximum Gasteiger partial charge on any atom is 0.336 e. The molecule has 1 saturated heterocycles. The van der Waals surface area contributed by atoms with Gasteiger partial charge in [-0.2, -0.15) is 0 Å². The Morgan fingerprint density at radius 1 is 0.841 bits per heavy atom. The van der Waals surface area contributed by atoms with E-state index < -0.39 is 111 Å². The molecule has 3 fully saturated rings. The van der Waals surface area contributed by atoms with Crippen molar-refractivity contribution in [2.75, 3.05) is 13.7 Å². The van der Waals surface area contributed by atoms with E-state index in [0.29, 0.717) is 18.6 Å². The molecule has 2 aromatic rings. The van der Waals surface area contributed by atoms with E-state index in [4.69, 9.17) is 10.5 Å². The molecule has 2 aromatic carbocycles. The van der Waals surface area contributed by atoms with Crippen molar-refractivity contribution >= 4 is 53.1 Å². The van der Waals surface area contributed by atoms with Crippen LogP contribution in [0.1, 0.15) is 125 Å². The second-order valence-corrected chi connectivity index (χ2v) is 19.1. The smallest absolute Gasteiger partial charge is 0.336 e. The summed E-state index contributed by atoms with van der Waals surface area (Å²) in [6.07, 6.45) is 9.74. The van der Waals surface area contributed by atoms with Gasteiger partial charge >= 0.3 is 11.9 Å². The first kappa shape index (κ1) is 53.1. The molecule has 0 bridgehead atoms. The first-order valence-electron chi connectivity index (χ1n) is 23.6. The molecular weight excluding hydrogens is 895 g/mol. The molecule has 3 aliphatic rings. The lowest BCUT2D eigenvalue weighted by atomic mass is 9.81. The third kappa shape index (κ3) is 14.6. The number of carbonyl (C=O) groups excluding carboxylic acids is 7. The SMILES string of the molecule is COC(=O)/C=C/CC[C@H](NC(=O)c1cc([N+](=O)[O-])ccc1C(=O)O)C(=O)N[C@H](C(=O)N1C[C@@H](Oc2ccccc2)C[C@H]1C(=O)N[C@H](C(=O)N[C@H](C(N)=O)C1CCCCC1)C1CCCCC1)C(C)(C)C. The number of carbonyl (C=O) groups is 8. The van der Waals surface area contributed by atoms with E-state index in [9.17, 15) is 48.8 Å². The largest absolute Gasteiger partial charge is 0.488 e. The summed E-state index contributed by atoms with van der Waals surface area (Å²) >= 11 is 0. The van der Waals surface area contributed by atoms with E-state index in [-0.39, 0.29) is 37.6 Å². The zero-order valence-corrected chi connectivity index (χ0v) is 39.6. The lowest BCUT2D eigenvalue weighted by Crippen LogP contribution is -2.62. The Morgan fingerprint density at radius 3 is 2.03 bits per heavy atom. The Hall–Kier alpha value is -6.86. The van der Waals surface area contributed by atoms with Crippen LogP contribution < -0.4 is 31.7 Å². The number of amides is 6. The standard InChI is InChI=1S/C49H65N7O13/c1-49(2,3)41(54-44(60)36(22-14-15-23-38(57)68-4)51-43(59)35-26-31(56(66)67)24-25-34(35)48(64)65)47(63)55-28-33(69-32-20-12-7-13-21-32)27-37(55)45(61)53-40(30-18-10-6-11-19-30)46(62)52-39(42(50)58)29-16-8-5-9-17-29/h7,12-13,15,20-21,23-26,29-30,33,36-37,39-41H,5-6,8-11,14,16-19,22,27-28H2,1-4H3,(H2,50,58)(H,51,59)(H,52,62)(H,53,61)(H,54,60)(H,64,65)/b23-15+/t33-,36-,37-,39-,40-,41+/m0/s1. The highest BCUT2D eigenvalue weighted by atomic mass is 16.6. The maximum atomic E-state index is 15.1. The van der Waals surface area contributed by atoms with Crippen LogP contribution in [0.25, 0.3) is 0 Å². The number of nitrogens with zero attached hydrogens (tertiary/aromatic N) is 2. The molecule has 0 radical (unpaired) electrons. The summed E-state index contributed by atoms with van der Waals surface area (Å²) in [4.78, 5) is 121. The molecule has 1 heterocycles. The fraction of sp³-hybridized carbons (Fsp3) is 0.551. The number of likely N-dealkylation sites (tertiary alicyclic amines) is 1. The third-order valence-electron chi connectivity index (χ3n) is 13.1. The number of carboxylic acids is 1. The molecule has 69 heavy (non-hydrogen) atoms. The van der Waals surface area contributed by atoms with Crippen molar-refractivity contribution in [3.05, 3.63) is 81.9 Å². The number of hydrogen-bond acceptors (Lipinski definition) is 12. The Kier molecular flexibility index (Phi) is 18.8. The molecule has 0 unspecified atom stereocenters. The van der Waals surface area contributed by atoms with E-state index in [1.165, 1.54) is 18.1 Å². The maximum absolute atomic E-state index is 15.1. The van der Waals surface area contributed by atoms with Gasteiger partial charge in [0.2, 0.25) is 29.5 Å². The van der Waals surface area contributed by atoms with E-state index in [0.717, 1.165) is 75.6 Å². The second-order valence-electron chi connectivity index (χ2n) is 19.1. The number of nitrogens with two attached hydrogens (primary N) is 1. The van der Waals surface area contributed by atoms with E-state index in [1.54, 1.807) is 51.1 Å². The number of nitrogens with one attached hydrogen (secondary N) is 4. The fourth-order valence-corrected chi connectivity index (χ4v) is 9.41. The van der Waals surface area contributed by atoms with Gasteiger partial charge in [0.15, 0.2) is 0 Å². The number of aromatic carboxylic acids is 1. The molecule has 20 heteroatoms. The van der Waals surface area contributed by atoms with Crippen molar-refractivity contribution in [3.63, 3.8) is 0 Å². The second kappa shape index (κ2) is 24.4. The van der Waals surface area contributed by atoms with Crippen LogP contribution in [0.3, 0.4) is 0 Å².